The summed E-state index contributed by atoms with van der Waals surface area (Å²) in [5, 5.41) is 12.6. The van der Waals surface area contributed by atoms with Gasteiger partial charge in [0.1, 0.15) is 17.7 Å². The van der Waals surface area contributed by atoms with Gasteiger partial charge in [-0.25, -0.2) is 9.97 Å². The number of rotatable bonds is 4. The molecule has 3 rings (SSSR count). The van der Waals surface area contributed by atoms with Crippen LogP contribution in [0.5, 0.6) is 0 Å². The highest BCUT2D eigenvalue weighted by Crippen LogP contribution is 2.19. The van der Waals surface area contributed by atoms with E-state index in [1.165, 1.54) is 0 Å². The second-order valence-electron chi connectivity index (χ2n) is 5.89. The molecule has 0 radical (unpaired) electrons. The van der Waals surface area contributed by atoms with Gasteiger partial charge in [-0.15, -0.1) is 0 Å². The van der Waals surface area contributed by atoms with E-state index in [0.717, 1.165) is 48.9 Å². The van der Waals surface area contributed by atoms with Crippen LogP contribution in [0.4, 0.5) is 11.6 Å². The Morgan fingerprint density at radius 2 is 2.08 bits per heavy atom. The number of aryl methyl sites for hydroxylation is 2. The molecule has 0 bridgehead atoms. The fourth-order valence-corrected chi connectivity index (χ4v) is 2.79. The predicted octanol–water partition coefficient (Wildman–Crippen LogP) is 2.41. The Bertz CT molecular complexity index is 745. The lowest BCUT2D eigenvalue weighted by Crippen LogP contribution is -2.36. The van der Waals surface area contributed by atoms with Crippen molar-refractivity contribution in [2.24, 2.45) is 0 Å². The smallest absolute Gasteiger partial charge is 0.144 e. The predicted molar refractivity (Wildman–Crippen MR) is 93.0 cm³/mol. The average molecular weight is 323 g/mol. The lowest BCUT2D eigenvalue weighted by molar-refractivity contribution is 0.122. The highest BCUT2D eigenvalue weighted by molar-refractivity contribution is 5.56. The van der Waals surface area contributed by atoms with Crippen LogP contribution in [-0.4, -0.2) is 36.3 Å². The number of pyridine rings is 2. The van der Waals surface area contributed by atoms with Crippen LogP contribution in [0.2, 0.25) is 0 Å². The Labute approximate surface area is 142 Å². The number of morpholine rings is 1. The first kappa shape index (κ1) is 16.2. The van der Waals surface area contributed by atoms with Crippen LogP contribution < -0.4 is 10.2 Å². The van der Waals surface area contributed by atoms with Crippen molar-refractivity contribution >= 4 is 11.6 Å². The van der Waals surface area contributed by atoms with Gasteiger partial charge in [-0.05, 0) is 37.1 Å². The summed E-state index contributed by atoms with van der Waals surface area (Å²) >= 11 is 0. The summed E-state index contributed by atoms with van der Waals surface area (Å²) in [6.45, 7) is 7.70. The quantitative estimate of drug-likeness (QED) is 0.931. The van der Waals surface area contributed by atoms with Crippen molar-refractivity contribution in [1.29, 1.82) is 5.26 Å². The third-order valence-electron chi connectivity index (χ3n) is 4.06. The number of nitrogens with zero attached hydrogens (tertiary/aromatic N) is 4. The van der Waals surface area contributed by atoms with Gasteiger partial charge in [0, 0.05) is 31.5 Å². The first-order valence-electron chi connectivity index (χ1n) is 8.07. The van der Waals surface area contributed by atoms with Crippen molar-refractivity contribution in [3.8, 4) is 6.07 Å². The number of nitrogens with one attached hydrogen (secondary N) is 1. The largest absolute Gasteiger partial charge is 0.378 e. The molecule has 0 amide bonds. The van der Waals surface area contributed by atoms with Gasteiger partial charge in [-0.2, -0.15) is 5.26 Å². The standard InChI is InChI=1S/C18H21N5O/c1-13-9-14(2)22-18(16(13)10-19)21-12-15-3-4-17(20-11-15)23-5-7-24-8-6-23/h3-4,9,11H,5-8,12H2,1-2H3,(H,21,22). The van der Waals surface area contributed by atoms with Crippen LogP contribution in [0.1, 0.15) is 22.4 Å². The van der Waals surface area contributed by atoms with Gasteiger partial charge < -0.3 is 15.0 Å². The highest BCUT2D eigenvalue weighted by atomic mass is 16.5. The molecule has 0 aliphatic carbocycles. The van der Waals surface area contributed by atoms with E-state index in [1.807, 2.05) is 32.2 Å². The van der Waals surface area contributed by atoms with Gasteiger partial charge >= 0.3 is 0 Å². The number of hydrogen-bond acceptors (Lipinski definition) is 6. The molecule has 0 atom stereocenters. The molecule has 124 valence electrons. The fourth-order valence-electron chi connectivity index (χ4n) is 2.79. The molecule has 1 saturated heterocycles. The topological polar surface area (TPSA) is 74.1 Å². The van der Waals surface area contributed by atoms with Gasteiger partial charge in [0.15, 0.2) is 0 Å². The zero-order valence-electron chi connectivity index (χ0n) is 14.0. The molecular weight excluding hydrogens is 302 g/mol. The lowest BCUT2D eigenvalue weighted by Gasteiger charge is -2.27. The first-order chi connectivity index (χ1) is 11.7. The van der Waals surface area contributed by atoms with Crippen LogP contribution in [0, 0.1) is 25.2 Å². The van der Waals surface area contributed by atoms with E-state index in [4.69, 9.17) is 4.74 Å². The molecule has 6 heteroatoms. The van der Waals surface area contributed by atoms with Gasteiger partial charge in [-0.3, -0.25) is 0 Å². The number of aromatic nitrogens is 2. The number of nitriles is 1. The number of ether oxygens (including phenoxy) is 1. The highest BCUT2D eigenvalue weighted by Gasteiger charge is 2.12. The molecule has 0 saturated carbocycles. The van der Waals surface area contributed by atoms with E-state index in [1.54, 1.807) is 0 Å². The van der Waals surface area contributed by atoms with Gasteiger partial charge in [0.05, 0.1) is 18.8 Å². The van der Waals surface area contributed by atoms with Gasteiger partial charge in [-0.1, -0.05) is 6.07 Å². The molecule has 0 spiro atoms. The lowest BCUT2D eigenvalue weighted by atomic mass is 10.1. The molecule has 1 aliphatic heterocycles. The molecule has 24 heavy (non-hydrogen) atoms. The van der Waals surface area contributed by atoms with Crippen LogP contribution in [-0.2, 0) is 11.3 Å². The van der Waals surface area contributed by atoms with Crippen molar-refractivity contribution in [2.75, 3.05) is 36.5 Å². The third kappa shape index (κ3) is 3.63. The van der Waals surface area contributed by atoms with Crippen LogP contribution >= 0.6 is 0 Å². The number of anilines is 2. The summed E-state index contributed by atoms with van der Waals surface area (Å²) < 4.78 is 5.36. The Morgan fingerprint density at radius 3 is 2.75 bits per heavy atom. The Kier molecular flexibility index (Phi) is 4.92. The molecule has 0 unspecified atom stereocenters. The molecule has 3 heterocycles. The molecule has 1 aliphatic rings. The van der Waals surface area contributed by atoms with Crippen molar-refractivity contribution in [3.63, 3.8) is 0 Å². The maximum absolute atomic E-state index is 9.31. The Hall–Kier alpha value is -2.65. The molecule has 6 nitrogen and oxygen atoms in total. The zero-order valence-corrected chi connectivity index (χ0v) is 14.0. The molecule has 2 aromatic rings. The van der Waals surface area contributed by atoms with E-state index in [-0.39, 0.29) is 0 Å². The minimum atomic E-state index is 0.584. The SMILES string of the molecule is Cc1cc(C)c(C#N)c(NCc2ccc(N3CCOCC3)nc2)n1. The minimum absolute atomic E-state index is 0.584. The maximum atomic E-state index is 9.31. The monoisotopic (exact) mass is 323 g/mol. The van der Waals surface area contributed by atoms with E-state index >= 15 is 0 Å². The normalized spacial score (nSPS) is 14.3. The van der Waals surface area contributed by atoms with Crippen molar-refractivity contribution in [2.45, 2.75) is 20.4 Å². The van der Waals surface area contributed by atoms with Crippen molar-refractivity contribution in [3.05, 3.63) is 46.8 Å². The minimum Gasteiger partial charge on any atom is -0.378 e. The molecular formula is C18H21N5O. The van der Waals surface area contributed by atoms with E-state index in [0.29, 0.717) is 17.9 Å². The second kappa shape index (κ2) is 7.28. The summed E-state index contributed by atoms with van der Waals surface area (Å²) in [7, 11) is 0. The fraction of sp³-hybridized carbons (Fsp3) is 0.389. The average Bonchev–Trinajstić information content (AvgIpc) is 2.61. The summed E-state index contributed by atoms with van der Waals surface area (Å²) in [6.07, 6.45) is 1.87. The summed E-state index contributed by atoms with van der Waals surface area (Å²) in [5.74, 6) is 1.61. The van der Waals surface area contributed by atoms with Crippen LogP contribution in [0.15, 0.2) is 24.4 Å². The second-order valence-corrected chi connectivity index (χ2v) is 5.89. The van der Waals surface area contributed by atoms with Crippen LogP contribution in [0.25, 0.3) is 0 Å². The number of hydrogen-bond donors (Lipinski definition) is 1. The van der Waals surface area contributed by atoms with Crippen molar-refractivity contribution in [1.82, 2.24) is 9.97 Å². The van der Waals surface area contributed by atoms with Crippen LogP contribution in [0.3, 0.4) is 0 Å². The molecule has 1 fully saturated rings. The Balaban J connectivity index is 1.68. The maximum Gasteiger partial charge on any atom is 0.144 e. The van der Waals surface area contributed by atoms with Gasteiger partial charge in [0.25, 0.3) is 0 Å². The first-order valence-corrected chi connectivity index (χ1v) is 8.07. The summed E-state index contributed by atoms with van der Waals surface area (Å²) in [5.41, 5.74) is 3.48. The molecule has 2 aromatic heterocycles. The van der Waals surface area contributed by atoms with E-state index < -0.39 is 0 Å². The summed E-state index contributed by atoms with van der Waals surface area (Å²) in [6, 6.07) is 8.22. The Morgan fingerprint density at radius 1 is 1.29 bits per heavy atom. The summed E-state index contributed by atoms with van der Waals surface area (Å²) in [4.78, 5) is 11.2. The van der Waals surface area contributed by atoms with Crippen molar-refractivity contribution < 1.29 is 4.74 Å². The molecule has 1 N–H and O–H groups in total. The zero-order chi connectivity index (χ0) is 16.9. The van der Waals surface area contributed by atoms with Gasteiger partial charge in [0.2, 0.25) is 0 Å². The van der Waals surface area contributed by atoms with E-state index in [9.17, 15) is 5.26 Å². The molecule has 0 aromatic carbocycles. The van der Waals surface area contributed by atoms with E-state index in [2.05, 4.69) is 32.3 Å². The third-order valence-corrected chi connectivity index (χ3v) is 4.06.